The van der Waals surface area contributed by atoms with Gasteiger partial charge in [0.05, 0.1) is 6.04 Å². The van der Waals surface area contributed by atoms with E-state index < -0.39 is 33.3 Å². The van der Waals surface area contributed by atoms with E-state index in [2.05, 4.69) is 4.72 Å². The quantitative estimate of drug-likeness (QED) is 0.743. The number of carbonyl (C=O) groups is 2. The first-order valence-corrected chi connectivity index (χ1v) is 8.60. The number of ether oxygens (including phenoxy) is 1. The van der Waals surface area contributed by atoms with Crippen molar-refractivity contribution >= 4 is 22.0 Å². The Kier molecular flexibility index (Phi) is 5.22. The number of likely N-dealkylation sites (tertiary alicyclic amines) is 1. The van der Waals surface area contributed by atoms with Crippen molar-refractivity contribution in [2.45, 2.75) is 24.8 Å². The first-order valence-electron chi connectivity index (χ1n) is 7.05. The number of nitrogens with zero attached hydrogens (tertiary/aromatic N) is 1. The molecule has 2 rings (SSSR count). The molecular formula is C14H19N3O5S. The van der Waals surface area contributed by atoms with Crippen molar-refractivity contribution in [2.75, 3.05) is 13.1 Å². The van der Waals surface area contributed by atoms with E-state index in [1.54, 1.807) is 0 Å². The maximum Gasteiger partial charge on any atom is 0.410 e. The van der Waals surface area contributed by atoms with Gasteiger partial charge >= 0.3 is 6.09 Å². The van der Waals surface area contributed by atoms with E-state index in [1.807, 2.05) is 30.3 Å². The molecule has 0 spiro atoms. The summed E-state index contributed by atoms with van der Waals surface area (Å²) in [6, 6.07) is 8.19. The van der Waals surface area contributed by atoms with Crippen LogP contribution >= 0.6 is 0 Å². The van der Waals surface area contributed by atoms with E-state index in [1.165, 1.54) is 11.8 Å². The summed E-state index contributed by atoms with van der Waals surface area (Å²) in [7, 11) is -3.70. The number of nitrogens with two attached hydrogens (primary N) is 1. The van der Waals surface area contributed by atoms with Gasteiger partial charge < -0.3 is 15.4 Å². The van der Waals surface area contributed by atoms with E-state index in [0.29, 0.717) is 0 Å². The average Bonchev–Trinajstić information content (AvgIpc) is 2.43. The van der Waals surface area contributed by atoms with Crippen LogP contribution in [0.15, 0.2) is 30.3 Å². The van der Waals surface area contributed by atoms with E-state index in [-0.39, 0.29) is 19.7 Å². The SMILES string of the molecule is C[C@@H](NS(=O)(=O)C1CN(C(=O)OCc2ccccc2)C1)C(N)=O. The highest BCUT2D eigenvalue weighted by atomic mass is 32.2. The molecule has 1 saturated heterocycles. The summed E-state index contributed by atoms with van der Waals surface area (Å²) in [6.07, 6.45) is -0.566. The van der Waals surface area contributed by atoms with Crippen LogP contribution in [0.3, 0.4) is 0 Å². The summed E-state index contributed by atoms with van der Waals surface area (Å²) >= 11 is 0. The highest BCUT2D eigenvalue weighted by Crippen LogP contribution is 2.17. The fourth-order valence-electron chi connectivity index (χ4n) is 1.99. The number of sulfonamides is 1. The van der Waals surface area contributed by atoms with Gasteiger partial charge in [-0.2, -0.15) is 0 Å². The average molecular weight is 341 g/mol. The summed E-state index contributed by atoms with van der Waals surface area (Å²) in [5, 5.41) is -0.770. The van der Waals surface area contributed by atoms with Crippen LogP contribution in [0.4, 0.5) is 4.79 Å². The fraction of sp³-hybridized carbons (Fsp3) is 0.429. The Hall–Kier alpha value is -2.13. The number of hydrogen-bond acceptors (Lipinski definition) is 5. The molecule has 2 amide bonds. The largest absolute Gasteiger partial charge is 0.445 e. The van der Waals surface area contributed by atoms with E-state index >= 15 is 0 Å². The Balaban J connectivity index is 1.79. The molecule has 1 atom stereocenters. The zero-order valence-electron chi connectivity index (χ0n) is 12.6. The molecule has 1 fully saturated rings. The second kappa shape index (κ2) is 6.97. The lowest BCUT2D eigenvalue weighted by atomic mass is 10.2. The minimum Gasteiger partial charge on any atom is -0.445 e. The van der Waals surface area contributed by atoms with Crippen LogP contribution in [-0.2, 0) is 26.2 Å². The molecule has 0 saturated carbocycles. The lowest BCUT2D eigenvalue weighted by Gasteiger charge is -2.37. The van der Waals surface area contributed by atoms with Crippen molar-refractivity contribution in [3.05, 3.63) is 35.9 Å². The van der Waals surface area contributed by atoms with Crippen LogP contribution in [0.5, 0.6) is 0 Å². The predicted octanol–water partition coefficient (Wildman–Crippen LogP) is -0.199. The first-order chi connectivity index (χ1) is 10.8. The minimum absolute atomic E-state index is 0.0223. The number of primary amides is 1. The molecule has 9 heteroatoms. The van der Waals surface area contributed by atoms with E-state index in [0.717, 1.165) is 5.56 Å². The summed E-state index contributed by atoms with van der Waals surface area (Å²) in [4.78, 5) is 24.0. The van der Waals surface area contributed by atoms with Gasteiger partial charge in [-0.05, 0) is 12.5 Å². The maximum atomic E-state index is 12.0. The highest BCUT2D eigenvalue weighted by molar-refractivity contribution is 7.90. The van der Waals surface area contributed by atoms with Crippen molar-refractivity contribution in [3.63, 3.8) is 0 Å². The Morgan fingerprint density at radius 3 is 2.52 bits per heavy atom. The van der Waals surface area contributed by atoms with Gasteiger partial charge in [0.15, 0.2) is 0 Å². The summed E-state index contributed by atoms with van der Waals surface area (Å²) < 4.78 is 31.3. The summed E-state index contributed by atoms with van der Waals surface area (Å²) in [5.41, 5.74) is 5.87. The van der Waals surface area contributed by atoms with Gasteiger partial charge in [0.25, 0.3) is 0 Å². The van der Waals surface area contributed by atoms with Gasteiger partial charge in [0.1, 0.15) is 11.9 Å². The number of rotatable bonds is 6. The van der Waals surface area contributed by atoms with E-state index in [4.69, 9.17) is 10.5 Å². The molecule has 23 heavy (non-hydrogen) atoms. The Bertz CT molecular complexity index is 671. The number of nitrogens with one attached hydrogen (secondary N) is 1. The normalized spacial score (nSPS) is 16.5. The Labute approximate surface area is 134 Å². The van der Waals surface area contributed by atoms with Gasteiger partial charge in [0, 0.05) is 13.1 Å². The van der Waals surface area contributed by atoms with Crippen molar-refractivity contribution in [1.29, 1.82) is 0 Å². The third kappa shape index (κ3) is 4.42. The summed E-state index contributed by atoms with van der Waals surface area (Å²) in [6.45, 7) is 1.54. The highest BCUT2D eigenvalue weighted by Gasteiger charge is 2.41. The molecule has 0 bridgehead atoms. The van der Waals surface area contributed by atoms with Crippen molar-refractivity contribution in [1.82, 2.24) is 9.62 Å². The number of benzene rings is 1. The van der Waals surface area contributed by atoms with Crippen LogP contribution in [-0.4, -0.2) is 49.7 Å². The van der Waals surface area contributed by atoms with Crippen LogP contribution < -0.4 is 10.5 Å². The van der Waals surface area contributed by atoms with Gasteiger partial charge in [-0.25, -0.2) is 17.9 Å². The lowest BCUT2D eigenvalue weighted by Crippen LogP contribution is -2.61. The van der Waals surface area contributed by atoms with Crippen molar-refractivity contribution < 1.29 is 22.7 Å². The molecule has 1 aliphatic heterocycles. The van der Waals surface area contributed by atoms with Crippen molar-refractivity contribution in [3.8, 4) is 0 Å². The Morgan fingerprint density at radius 1 is 1.35 bits per heavy atom. The van der Waals surface area contributed by atoms with Gasteiger partial charge in [-0.3, -0.25) is 4.79 Å². The molecule has 8 nitrogen and oxygen atoms in total. The van der Waals surface area contributed by atoms with Crippen LogP contribution in [0.2, 0.25) is 0 Å². The minimum atomic E-state index is -3.70. The maximum absolute atomic E-state index is 12.0. The van der Waals surface area contributed by atoms with Crippen molar-refractivity contribution in [2.24, 2.45) is 5.73 Å². The molecule has 0 aliphatic carbocycles. The molecule has 1 aliphatic rings. The molecule has 1 aromatic carbocycles. The molecular weight excluding hydrogens is 322 g/mol. The molecule has 3 N–H and O–H groups in total. The zero-order chi connectivity index (χ0) is 17.0. The third-order valence-electron chi connectivity index (χ3n) is 3.52. The summed E-state index contributed by atoms with van der Waals surface area (Å²) in [5.74, 6) is -0.757. The monoisotopic (exact) mass is 341 g/mol. The molecule has 1 heterocycles. The number of amides is 2. The van der Waals surface area contributed by atoms with Gasteiger partial charge in [-0.1, -0.05) is 30.3 Å². The molecule has 0 unspecified atom stereocenters. The first kappa shape index (κ1) is 17.2. The standard InChI is InChI=1S/C14H19N3O5S/c1-10(13(15)18)16-23(20,21)12-7-17(8-12)14(19)22-9-11-5-3-2-4-6-11/h2-6,10,12,16H,7-9H2,1H3,(H2,15,18)/t10-/m1/s1. The lowest BCUT2D eigenvalue weighted by molar-refractivity contribution is -0.119. The molecule has 0 aromatic heterocycles. The van der Waals surface area contributed by atoms with Crippen LogP contribution in [0.1, 0.15) is 12.5 Å². The van der Waals surface area contributed by atoms with Crippen LogP contribution in [0, 0.1) is 0 Å². The fourth-order valence-corrected chi connectivity index (χ4v) is 3.55. The zero-order valence-corrected chi connectivity index (χ0v) is 13.5. The number of carbonyl (C=O) groups excluding carboxylic acids is 2. The predicted molar refractivity (Wildman–Crippen MR) is 82.7 cm³/mol. The van der Waals surface area contributed by atoms with Crippen LogP contribution in [0.25, 0.3) is 0 Å². The smallest absolute Gasteiger partial charge is 0.410 e. The third-order valence-corrected chi connectivity index (χ3v) is 5.38. The number of hydrogen-bond donors (Lipinski definition) is 2. The second-order valence-electron chi connectivity index (χ2n) is 5.35. The second-order valence-corrected chi connectivity index (χ2v) is 7.35. The van der Waals surface area contributed by atoms with Gasteiger partial charge in [-0.15, -0.1) is 0 Å². The van der Waals surface area contributed by atoms with Gasteiger partial charge in [0.2, 0.25) is 15.9 Å². The Morgan fingerprint density at radius 2 is 1.96 bits per heavy atom. The molecule has 126 valence electrons. The molecule has 0 radical (unpaired) electrons. The van der Waals surface area contributed by atoms with E-state index in [9.17, 15) is 18.0 Å². The molecule has 1 aromatic rings. The topological polar surface area (TPSA) is 119 Å².